The van der Waals surface area contributed by atoms with E-state index < -0.39 is 22.0 Å². The Morgan fingerprint density at radius 3 is 1.96 bits per heavy atom. The molecule has 0 aliphatic rings. The van der Waals surface area contributed by atoms with E-state index in [2.05, 4.69) is 37.0 Å². The van der Waals surface area contributed by atoms with Crippen LogP contribution in [0.2, 0.25) is 5.15 Å². The highest BCUT2D eigenvalue weighted by molar-refractivity contribution is 6.30. The average molecular weight is 781 g/mol. The van der Waals surface area contributed by atoms with Crippen LogP contribution >= 0.6 is 11.6 Å². The fourth-order valence-electron chi connectivity index (χ4n) is 5.73. The molecule has 4 aromatic carbocycles. The summed E-state index contributed by atoms with van der Waals surface area (Å²) in [4.78, 5) is 61.2. The molecule has 6 rings (SSSR count). The Morgan fingerprint density at radius 2 is 1.36 bits per heavy atom. The summed E-state index contributed by atoms with van der Waals surface area (Å²) in [6.45, 7) is 1.88. The molecule has 2 aromatic heterocycles. The van der Waals surface area contributed by atoms with Crippen LogP contribution in [-0.2, 0) is 47.2 Å². The van der Waals surface area contributed by atoms with Crippen LogP contribution < -0.4 is 0 Å². The number of imidazole rings is 1. The standard InChI is InChI=1S/C38H33ClN8O9/c1-2-3-8-34-40-35(39)33(24-54-38(49)30-19-13-27(14-20-30)23-56-47(52)53)44(34)21-25-9-15-28(16-10-25)31-6-4-5-7-32(31)36-41-43-45(42-36)37(48)29-17-11-26(12-18-29)22-55-46(50)51/h4-7,9-20H,2-3,8,21-24H2,1H3. The molecule has 286 valence electrons. The van der Waals surface area contributed by atoms with Gasteiger partial charge in [-0.1, -0.05) is 103 Å². The molecule has 0 saturated carbocycles. The Morgan fingerprint density at radius 1 is 0.768 bits per heavy atom. The number of unbranched alkanes of at least 4 members (excludes halogenated alkanes) is 1. The van der Waals surface area contributed by atoms with Gasteiger partial charge in [0.1, 0.15) is 25.6 Å². The van der Waals surface area contributed by atoms with Crippen LogP contribution in [-0.4, -0.2) is 51.8 Å². The zero-order chi connectivity index (χ0) is 39.6. The minimum Gasteiger partial charge on any atom is -0.456 e. The largest absolute Gasteiger partial charge is 0.456 e. The minimum atomic E-state index is -0.887. The molecule has 0 atom stereocenters. The number of aryl methyl sites for hydroxylation is 1. The van der Waals surface area contributed by atoms with Gasteiger partial charge in [-0.25, -0.2) is 9.78 Å². The molecule has 0 saturated heterocycles. The molecule has 0 spiro atoms. The van der Waals surface area contributed by atoms with Crippen molar-refractivity contribution in [1.29, 1.82) is 0 Å². The van der Waals surface area contributed by atoms with Crippen LogP contribution in [0.25, 0.3) is 22.5 Å². The summed E-state index contributed by atoms with van der Waals surface area (Å²) in [6, 6.07) is 27.5. The van der Waals surface area contributed by atoms with E-state index in [9.17, 15) is 29.8 Å². The van der Waals surface area contributed by atoms with Crippen molar-refractivity contribution in [2.24, 2.45) is 0 Å². The van der Waals surface area contributed by atoms with Gasteiger partial charge in [0.05, 0.1) is 11.3 Å². The van der Waals surface area contributed by atoms with Crippen molar-refractivity contribution in [2.45, 2.75) is 52.6 Å². The number of hydrogen-bond donors (Lipinski definition) is 0. The van der Waals surface area contributed by atoms with E-state index in [0.717, 1.165) is 40.2 Å². The molecule has 0 amide bonds. The van der Waals surface area contributed by atoms with E-state index >= 15 is 0 Å². The molecule has 0 fully saturated rings. The summed E-state index contributed by atoms with van der Waals surface area (Å²) in [5.74, 6) is -0.127. The number of tetrazole rings is 1. The van der Waals surface area contributed by atoms with Gasteiger partial charge in [-0.15, -0.1) is 30.4 Å². The van der Waals surface area contributed by atoms with Crippen LogP contribution in [0.4, 0.5) is 0 Å². The van der Waals surface area contributed by atoms with Crippen molar-refractivity contribution >= 4 is 23.5 Å². The van der Waals surface area contributed by atoms with Gasteiger partial charge in [0.15, 0.2) is 5.15 Å². The molecule has 18 heteroatoms. The van der Waals surface area contributed by atoms with Crippen LogP contribution in [0, 0.1) is 20.2 Å². The fourth-order valence-corrected chi connectivity index (χ4v) is 5.99. The van der Waals surface area contributed by atoms with Crippen molar-refractivity contribution < 1.29 is 34.2 Å². The minimum absolute atomic E-state index is 0.130. The predicted octanol–water partition coefficient (Wildman–Crippen LogP) is 6.71. The van der Waals surface area contributed by atoms with E-state index in [0.29, 0.717) is 35.3 Å². The molecule has 0 aliphatic heterocycles. The number of hydrogen-bond acceptors (Lipinski definition) is 13. The average Bonchev–Trinajstić information content (AvgIpc) is 3.82. The van der Waals surface area contributed by atoms with Gasteiger partial charge in [0.25, 0.3) is 16.1 Å². The number of nitrogens with zero attached hydrogens (tertiary/aromatic N) is 8. The van der Waals surface area contributed by atoms with E-state index in [1.165, 1.54) is 24.3 Å². The van der Waals surface area contributed by atoms with Crippen LogP contribution in [0.5, 0.6) is 0 Å². The number of carbonyl (C=O) groups excluding carboxylic acids is 2. The number of benzene rings is 4. The van der Waals surface area contributed by atoms with Crippen LogP contribution in [0.3, 0.4) is 0 Å². The van der Waals surface area contributed by atoms with Crippen molar-refractivity contribution in [2.75, 3.05) is 0 Å². The Labute approximate surface area is 323 Å². The van der Waals surface area contributed by atoms with Gasteiger partial charge in [0, 0.05) is 24.1 Å². The van der Waals surface area contributed by atoms with Gasteiger partial charge in [-0.2, -0.15) is 0 Å². The summed E-state index contributed by atoms with van der Waals surface area (Å²) in [7, 11) is 0. The highest BCUT2D eigenvalue weighted by atomic mass is 35.5. The lowest BCUT2D eigenvalue weighted by Crippen LogP contribution is -2.15. The first-order valence-electron chi connectivity index (χ1n) is 17.3. The van der Waals surface area contributed by atoms with Gasteiger partial charge in [-0.3, -0.25) is 4.79 Å². The number of aromatic nitrogens is 6. The lowest BCUT2D eigenvalue weighted by molar-refractivity contribution is -0.763. The maximum absolute atomic E-state index is 13.1. The molecule has 0 N–H and O–H groups in total. The zero-order valence-electron chi connectivity index (χ0n) is 29.8. The van der Waals surface area contributed by atoms with E-state index in [1.807, 2.05) is 53.1 Å². The molecular weight excluding hydrogens is 748 g/mol. The maximum Gasteiger partial charge on any atom is 0.338 e. The molecule has 0 aliphatic carbocycles. The number of esters is 1. The quantitative estimate of drug-likeness (QED) is 0.0536. The Balaban J connectivity index is 1.17. The van der Waals surface area contributed by atoms with Gasteiger partial charge in [0.2, 0.25) is 5.82 Å². The fraction of sp³-hybridized carbons (Fsp3) is 0.211. The first kappa shape index (κ1) is 38.7. The zero-order valence-corrected chi connectivity index (χ0v) is 30.6. The SMILES string of the molecule is CCCCc1nc(Cl)c(COC(=O)c2ccc(CO[N+](=O)[O-])cc2)n1Cc1ccc(-c2ccccc2-c2nnn(C(=O)c3ccc(CO[N+](=O)[O-])cc3)n2)cc1. The summed E-state index contributed by atoms with van der Waals surface area (Å²) in [6.07, 6.45) is 2.50. The summed E-state index contributed by atoms with van der Waals surface area (Å²) < 4.78 is 7.59. The second-order valence-electron chi connectivity index (χ2n) is 12.4. The molecule has 2 heterocycles. The lowest BCUT2D eigenvalue weighted by Gasteiger charge is -2.14. The number of carbonyl (C=O) groups is 2. The van der Waals surface area contributed by atoms with Gasteiger partial charge in [-0.05, 0) is 63.7 Å². The second-order valence-corrected chi connectivity index (χ2v) is 12.7. The van der Waals surface area contributed by atoms with Crippen molar-refractivity contribution in [3.05, 3.63) is 162 Å². The smallest absolute Gasteiger partial charge is 0.338 e. The third kappa shape index (κ3) is 9.55. The third-order valence-corrected chi connectivity index (χ3v) is 8.93. The normalized spacial score (nSPS) is 10.9. The topological polar surface area (TPSA) is 210 Å². The summed E-state index contributed by atoms with van der Waals surface area (Å²) >= 11 is 6.61. The van der Waals surface area contributed by atoms with E-state index in [1.54, 1.807) is 24.3 Å². The number of ether oxygens (including phenoxy) is 1. The molecule has 6 aromatic rings. The maximum atomic E-state index is 13.1. The Kier molecular flexibility index (Phi) is 12.4. The first-order chi connectivity index (χ1) is 27.1. The molecule has 17 nitrogen and oxygen atoms in total. The first-order valence-corrected chi connectivity index (χ1v) is 17.6. The second kappa shape index (κ2) is 17.9. The van der Waals surface area contributed by atoms with E-state index in [4.69, 9.17) is 16.3 Å². The molecule has 0 bridgehead atoms. The highest BCUT2D eigenvalue weighted by Crippen LogP contribution is 2.31. The number of rotatable bonds is 17. The van der Waals surface area contributed by atoms with Crippen molar-refractivity contribution in [3.8, 4) is 22.5 Å². The van der Waals surface area contributed by atoms with Crippen LogP contribution in [0.1, 0.15) is 68.7 Å². The molecule has 56 heavy (non-hydrogen) atoms. The summed E-state index contributed by atoms with van der Waals surface area (Å²) in [5, 5.41) is 31.9. The van der Waals surface area contributed by atoms with Gasteiger partial charge >= 0.3 is 5.97 Å². The summed E-state index contributed by atoms with van der Waals surface area (Å²) in [5.41, 5.74) is 5.36. The van der Waals surface area contributed by atoms with E-state index in [-0.39, 0.29) is 41.9 Å². The van der Waals surface area contributed by atoms with Crippen molar-refractivity contribution in [1.82, 2.24) is 29.8 Å². The predicted molar refractivity (Wildman–Crippen MR) is 199 cm³/mol. The Bertz CT molecular complexity index is 2340. The molecule has 0 unspecified atom stereocenters. The molecular formula is C38H33ClN8O9. The monoisotopic (exact) mass is 780 g/mol. The highest BCUT2D eigenvalue weighted by Gasteiger charge is 2.20. The van der Waals surface area contributed by atoms with Crippen LogP contribution in [0.15, 0.2) is 97.1 Å². The van der Waals surface area contributed by atoms with Crippen molar-refractivity contribution in [3.63, 3.8) is 0 Å². The molecule has 0 radical (unpaired) electrons. The van der Waals surface area contributed by atoms with Gasteiger partial charge < -0.3 is 19.0 Å². The Hall–Kier alpha value is -7.01. The number of halogens is 1. The third-order valence-electron chi connectivity index (χ3n) is 8.63. The lowest BCUT2D eigenvalue weighted by atomic mass is 9.98.